The van der Waals surface area contributed by atoms with Crippen LogP contribution in [-0.2, 0) is 11.3 Å². The number of guanidine groups is 1. The second kappa shape index (κ2) is 9.89. The highest BCUT2D eigenvalue weighted by atomic mass is 16.5. The molecule has 26 heavy (non-hydrogen) atoms. The Morgan fingerprint density at radius 3 is 2.88 bits per heavy atom. The summed E-state index contributed by atoms with van der Waals surface area (Å²) in [4.78, 5) is 18.3. The summed E-state index contributed by atoms with van der Waals surface area (Å²) in [6.45, 7) is 9.03. The molecule has 0 saturated carbocycles. The minimum atomic E-state index is 0.135. The number of aromatic hydroxyl groups is 1. The number of nitrogens with one attached hydrogen (secondary N) is 2. The van der Waals surface area contributed by atoms with Gasteiger partial charge in [0.2, 0.25) is 5.91 Å². The fraction of sp³-hybridized carbons (Fsp3) is 0.579. The number of hydrogen-bond acceptors (Lipinski definition) is 4. The standard InChI is InChI=1S/C19H30N4O3/c1-4-18(25)23-10-9-15(13-23)22-19(20-5-2)21-12-14-7-8-16(24)17(11-14)26-6-3/h7-8,11,15,24H,4-6,9-10,12-13H2,1-3H3,(H2,20,21,22). The Morgan fingerprint density at radius 2 is 2.19 bits per heavy atom. The third kappa shape index (κ3) is 5.54. The molecule has 144 valence electrons. The van der Waals surface area contributed by atoms with Crippen molar-refractivity contribution in [2.75, 3.05) is 26.2 Å². The number of amides is 1. The Bertz CT molecular complexity index is 633. The molecule has 1 atom stereocenters. The fourth-order valence-corrected chi connectivity index (χ4v) is 2.94. The second-order valence-electron chi connectivity index (χ2n) is 6.25. The van der Waals surface area contributed by atoms with Gasteiger partial charge in [-0.15, -0.1) is 0 Å². The van der Waals surface area contributed by atoms with Crippen molar-refractivity contribution < 1.29 is 14.6 Å². The van der Waals surface area contributed by atoms with E-state index in [9.17, 15) is 9.90 Å². The SMILES string of the molecule is CCNC(=NCc1ccc(O)c(OCC)c1)NC1CCN(C(=O)CC)C1. The first-order valence-electron chi connectivity index (χ1n) is 9.34. The third-order valence-corrected chi connectivity index (χ3v) is 4.27. The first kappa shape index (κ1) is 19.9. The van der Waals surface area contributed by atoms with Crippen LogP contribution in [0.2, 0.25) is 0 Å². The van der Waals surface area contributed by atoms with Crippen molar-refractivity contribution in [3.8, 4) is 11.5 Å². The van der Waals surface area contributed by atoms with Gasteiger partial charge in [-0.3, -0.25) is 4.79 Å². The summed E-state index contributed by atoms with van der Waals surface area (Å²) >= 11 is 0. The molecule has 1 aromatic carbocycles. The van der Waals surface area contributed by atoms with Gasteiger partial charge in [0.25, 0.3) is 0 Å². The van der Waals surface area contributed by atoms with Crippen molar-refractivity contribution >= 4 is 11.9 Å². The number of rotatable bonds is 7. The zero-order valence-corrected chi connectivity index (χ0v) is 15.9. The summed E-state index contributed by atoms with van der Waals surface area (Å²) in [5.41, 5.74) is 0.956. The predicted molar refractivity (Wildman–Crippen MR) is 103 cm³/mol. The number of ether oxygens (including phenoxy) is 1. The van der Waals surface area contributed by atoms with Crippen LogP contribution in [0.3, 0.4) is 0 Å². The Hall–Kier alpha value is -2.44. The van der Waals surface area contributed by atoms with Crippen LogP contribution in [0.25, 0.3) is 0 Å². The summed E-state index contributed by atoms with van der Waals surface area (Å²) < 4.78 is 5.42. The average Bonchev–Trinajstić information content (AvgIpc) is 3.10. The lowest BCUT2D eigenvalue weighted by molar-refractivity contribution is -0.129. The molecule has 0 aliphatic carbocycles. The van der Waals surface area contributed by atoms with Gasteiger partial charge in [0, 0.05) is 32.1 Å². The number of benzene rings is 1. The first-order chi connectivity index (χ1) is 12.6. The van der Waals surface area contributed by atoms with E-state index in [4.69, 9.17) is 4.74 Å². The molecule has 0 radical (unpaired) electrons. The van der Waals surface area contributed by atoms with Crippen LogP contribution < -0.4 is 15.4 Å². The normalized spacial score (nSPS) is 17.3. The maximum absolute atomic E-state index is 11.8. The predicted octanol–water partition coefficient (Wildman–Crippen LogP) is 1.86. The van der Waals surface area contributed by atoms with Crippen molar-refractivity contribution in [3.05, 3.63) is 23.8 Å². The molecule has 1 heterocycles. The molecule has 1 saturated heterocycles. The van der Waals surface area contributed by atoms with Gasteiger partial charge in [-0.25, -0.2) is 4.99 Å². The lowest BCUT2D eigenvalue weighted by Gasteiger charge is -2.18. The zero-order chi connectivity index (χ0) is 18.9. The highest BCUT2D eigenvalue weighted by Gasteiger charge is 2.25. The number of likely N-dealkylation sites (tertiary alicyclic amines) is 1. The van der Waals surface area contributed by atoms with Crippen LogP contribution >= 0.6 is 0 Å². The molecule has 1 aromatic rings. The number of phenolic OH excluding ortho intramolecular Hbond substituents is 1. The lowest BCUT2D eigenvalue weighted by Crippen LogP contribution is -2.45. The molecule has 1 amide bonds. The molecule has 1 aliphatic rings. The van der Waals surface area contributed by atoms with Gasteiger partial charge >= 0.3 is 0 Å². The topological polar surface area (TPSA) is 86.2 Å². The van der Waals surface area contributed by atoms with Crippen LogP contribution in [0.15, 0.2) is 23.2 Å². The maximum atomic E-state index is 11.8. The molecule has 0 aromatic heterocycles. The number of hydrogen-bond donors (Lipinski definition) is 3. The Morgan fingerprint density at radius 1 is 1.38 bits per heavy atom. The molecular weight excluding hydrogens is 332 g/mol. The summed E-state index contributed by atoms with van der Waals surface area (Å²) in [6, 6.07) is 5.48. The van der Waals surface area contributed by atoms with Gasteiger partial charge in [-0.1, -0.05) is 13.0 Å². The molecule has 0 spiro atoms. The molecule has 7 heteroatoms. The third-order valence-electron chi connectivity index (χ3n) is 4.27. The number of phenols is 1. The van der Waals surface area contributed by atoms with Gasteiger partial charge in [0.05, 0.1) is 13.2 Å². The molecule has 3 N–H and O–H groups in total. The minimum Gasteiger partial charge on any atom is -0.504 e. The van der Waals surface area contributed by atoms with Crippen molar-refractivity contribution in [2.45, 2.75) is 46.2 Å². The summed E-state index contributed by atoms with van der Waals surface area (Å²) in [7, 11) is 0. The number of carbonyl (C=O) groups excluding carboxylic acids is 1. The molecule has 1 fully saturated rings. The summed E-state index contributed by atoms with van der Waals surface area (Å²) in [6.07, 6.45) is 1.47. The van der Waals surface area contributed by atoms with E-state index in [1.165, 1.54) is 0 Å². The molecule has 1 aliphatic heterocycles. The quantitative estimate of drug-likeness (QED) is 0.509. The van der Waals surface area contributed by atoms with Crippen molar-refractivity contribution in [1.29, 1.82) is 0 Å². The van der Waals surface area contributed by atoms with E-state index >= 15 is 0 Å². The smallest absolute Gasteiger partial charge is 0.222 e. The lowest BCUT2D eigenvalue weighted by atomic mass is 10.2. The van der Waals surface area contributed by atoms with Gasteiger partial charge in [-0.2, -0.15) is 0 Å². The van der Waals surface area contributed by atoms with Crippen molar-refractivity contribution in [1.82, 2.24) is 15.5 Å². The van der Waals surface area contributed by atoms with E-state index in [0.29, 0.717) is 31.9 Å². The number of aliphatic imine (C=N–C) groups is 1. The van der Waals surface area contributed by atoms with E-state index in [0.717, 1.165) is 31.0 Å². The fourth-order valence-electron chi connectivity index (χ4n) is 2.94. The van der Waals surface area contributed by atoms with Gasteiger partial charge in [0.1, 0.15) is 0 Å². The molecular formula is C19H30N4O3. The highest BCUT2D eigenvalue weighted by molar-refractivity contribution is 5.80. The first-order valence-corrected chi connectivity index (χ1v) is 9.34. The van der Waals surface area contributed by atoms with Crippen LogP contribution in [0.1, 0.15) is 39.2 Å². The van der Waals surface area contributed by atoms with Crippen LogP contribution in [0.4, 0.5) is 0 Å². The van der Waals surface area contributed by atoms with E-state index in [1.807, 2.05) is 37.8 Å². The van der Waals surface area contributed by atoms with Crippen molar-refractivity contribution in [2.24, 2.45) is 4.99 Å². The van der Waals surface area contributed by atoms with Crippen LogP contribution in [-0.4, -0.2) is 54.2 Å². The molecule has 7 nitrogen and oxygen atoms in total. The summed E-state index contributed by atoms with van der Waals surface area (Å²) in [5.74, 6) is 1.54. The van der Waals surface area contributed by atoms with Crippen LogP contribution in [0, 0.1) is 0 Å². The highest BCUT2D eigenvalue weighted by Crippen LogP contribution is 2.27. The zero-order valence-electron chi connectivity index (χ0n) is 15.9. The number of carbonyl (C=O) groups is 1. The van der Waals surface area contributed by atoms with E-state index < -0.39 is 0 Å². The molecule has 1 unspecified atom stereocenters. The average molecular weight is 362 g/mol. The largest absolute Gasteiger partial charge is 0.504 e. The van der Waals surface area contributed by atoms with Gasteiger partial charge in [0.15, 0.2) is 17.5 Å². The van der Waals surface area contributed by atoms with E-state index in [2.05, 4.69) is 15.6 Å². The second-order valence-corrected chi connectivity index (χ2v) is 6.25. The molecule has 2 rings (SSSR count). The Balaban J connectivity index is 1.98. The van der Waals surface area contributed by atoms with Gasteiger partial charge in [-0.05, 0) is 38.0 Å². The van der Waals surface area contributed by atoms with Crippen molar-refractivity contribution in [3.63, 3.8) is 0 Å². The minimum absolute atomic E-state index is 0.135. The maximum Gasteiger partial charge on any atom is 0.222 e. The van der Waals surface area contributed by atoms with Gasteiger partial charge < -0.3 is 25.4 Å². The van der Waals surface area contributed by atoms with E-state index in [-0.39, 0.29) is 17.7 Å². The summed E-state index contributed by atoms with van der Waals surface area (Å²) in [5, 5.41) is 16.4. The number of nitrogens with zero attached hydrogens (tertiary/aromatic N) is 2. The van der Waals surface area contributed by atoms with E-state index in [1.54, 1.807) is 6.07 Å². The Kier molecular flexibility index (Phi) is 7.56. The Labute approximate surface area is 155 Å². The van der Waals surface area contributed by atoms with Crippen LogP contribution in [0.5, 0.6) is 11.5 Å². The monoisotopic (exact) mass is 362 g/mol. The molecule has 0 bridgehead atoms.